The Morgan fingerprint density at radius 3 is 2.33 bits per heavy atom. The van der Waals surface area contributed by atoms with E-state index in [9.17, 15) is 4.79 Å². The summed E-state index contributed by atoms with van der Waals surface area (Å²) in [6.45, 7) is 8.31. The van der Waals surface area contributed by atoms with Crippen LogP contribution in [0.3, 0.4) is 0 Å². The van der Waals surface area contributed by atoms with Gasteiger partial charge in [-0.15, -0.1) is 0 Å². The van der Waals surface area contributed by atoms with Crippen LogP contribution in [0.25, 0.3) is 0 Å². The van der Waals surface area contributed by atoms with E-state index < -0.39 is 0 Å². The van der Waals surface area contributed by atoms with Crippen molar-refractivity contribution >= 4 is 5.91 Å². The molecule has 0 saturated carbocycles. The lowest BCUT2D eigenvalue weighted by Crippen LogP contribution is -2.37. The van der Waals surface area contributed by atoms with Crippen LogP contribution < -0.4 is 5.32 Å². The minimum Gasteiger partial charge on any atom is -0.353 e. The molecule has 0 aliphatic rings. The van der Waals surface area contributed by atoms with Crippen LogP contribution in [0.4, 0.5) is 0 Å². The summed E-state index contributed by atoms with van der Waals surface area (Å²) in [7, 11) is 0. The van der Waals surface area contributed by atoms with Gasteiger partial charge in [-0.2, -0.15) is 0 Å². The molecular formula is C10H20NO. The van der Waals surface area contributed by atoms with E-state index in [2.05, 4.69) is 26.1 Å². The molecule has 0 heterocycles. The van der Waals surface area contributed by atoms with E-state index in [1.807, 2.05) is 6.92 Å². The summed E-state index contributed by atoms with van der Waals surface area (Å²) in [6, 6.07) is 0.320. The maximum Gasteiger partial charge on any atom is 0.224 e. The topological polar surface area (TPSA) is 29.1 Å². The van der Waals surface area contributed by atoms with E-state index in [1.165, 1.54) is 0 Å². The highest BCUT2D eigenvalue weighted by molar-refractivity contribution is 5.84. The van der Waals surface area contributed by atoms with Crippen molar-refractivity contribution in [1.82, 2.24) is 5.32 Å². The Hall–Kier alpha value is -0.530. The van der Waals surface area contributed by atoms with Crippen molar-refractivity contribution in [3.8, 4) is 0 Å². The van der Waals surface area contributed by atoms with E-state index in [4.69, 9.17) is 0 Å². The summed E-state index contributed by atoms with van der Waals surface area (Å²) in [4.78, 5) is 11.2. The van der Waals surface area contributed by atoms with Gasteiger partial charge in [0.15, 0.2) is 0 Å². The molecule has 0 aliphatic heterocycles. The average Bonchev–Trinajstić information content (AvgIpc) is 2.00. The van der Waals surface area contributed by atoms with Gasteiger partial charge in [0, 0.05) is 12.5 Å². The van der Waals surface area contributed by atoms with Gasteiger partial charge in [-0.25, -0.2) is 0 Å². The van der Waals surface area contributed by atoms with Crippen molar-refractivity contribution in [2.75, 3.05) is 0 Å². The van der Waals surface area contributed by atoms with Crippen LogP contribution in [0.15, 0.2) is 0 Å². The third-order valence-corrected chi connectivity index (χ3v) is 1.96. The Labute approximate surface area is 75.7 Å². The Kier molecular flexibility index (Phi) is 5.77. The van der Waals surface area contributed by atoms with E-state index >= 15 is 0 Å². The van der Waals surface area contributed by atoms with Crippen LogP contribution in [0.2, 0.25) is 0 Å². The van der Waals surface area contributed by atoms with Gasteiger partial charge in [-0.1, -0.05) is 27.7 Å². The molecule has 0 bridgehead atoms. The molecule has 1 radical (unpaired) electrons. The van der Waals surface area contributed by atoms with Gasteiger partial charge < -0.3 is 5.32 Å². The molecule has 1 amide bonds. The predicted molar refractivity (Wildman–Crippen MR) is 51.7 cm³/mol. The molecular weight excluding hydrogens is 150 g/mol. The molecule has 1 atom stereocenters. The first kappa shape index (κ1) is 11.5. The standard InChI is InChI=1S/C10H20NO/c1-5-7-10(12)11-9(6-2)8(3)4/h7-9H,5-6H2,1-4H3,(H,11,12). The summed E-state index contributed by atoms with van der Waals surface area (Å²) < 4.78 is 0. The van der Waals surface area contributed by atoms with Crippen LogP contribution in [0.1, 0.15) is 40.5 Å². The zero-order valence-corrected chi connectivity index (χ0v) is 8.55. The molecule has 0 aromatic carbocycles. The molecule has 0 aliphatic carbocycles. The maximum absolute atomic E-state index is 11.2. The first-order chi connectivity index (χ1) is 5.61. The van der Waals surface area contributed by atoms with Crippen molar-refractivity contribution in [2.24, 2.45) is 5.92 Å². The summed E-state index contributed by atoms with van der Waals surface area (Å²) in [5.41, 5.74) is 0. The minimum atomic E-state index is 0.0676. The van der Waals surface area contributed by atoms with Gasteiger partial charge in [0.25, 0.3) is 0 Å². The normalized spacial score (nSPS) is 13.1. The fourth-order valence-corrected chi connectivity index (χ4v) is 1.17. The highest BCUT2D eigenvalue weighted by atomic mass is 16.1. The fourth-order valence-electron chi connectivity index (χ4n) is 1.17. The Morgan fingerprint density at radius 1 is 1.42 bits per heavy atom. The quantitative estimate of drug-likeness (QED) is 0.673. The Bertz CT molecular complexity index is 132. The first-order valence-corrected chi connectivity index (χ1v) is 4.75. The number of carbonyl (C=O) groups excluding carboxylic acids is 1. The number of rotatable bonds is 5. The van der Waals surface area contributed by atoms with Crippen molar-refractivity contribution in [3.63, 3.8) is 0 Å². The summed E-state index contributed by atoms with van der Waals surface area (Å²) in [6.07, 6.45) is 3.49. The number of hydrogen-bond donors (Lipinski definition) is 1. The smallest absolute Gasteiger partial charge is 0.224 e. The molecule has 0 spiro atoms. The second kappa shape index (κ2) is 6.04. The average molecular weight is 170 g/mol. The van der Waals surface area contributed by atoms with Crippen LogP contribution in [0, 0.1) is 12.3 Å². The van der Waals surface area contributed by atoms with Gasteiger partial charge in [-0.05, 0) is 18.8 Å². The number of nitrogens with one attached hydrogen (secondary N) is 1. The minimum absolute atomic E-state index is 0.0676. The lowest BCUT2D eigenvalue weighted by molar-refractivity contribution is -0.119. The lowest BCUT2D eigenvalue weighted by atomic mass is 10.0. The zero-order chi connectivity index (χ0) is 9.56. The van der Waals surface area contributed by atoms with Crippen LogP contribution >= 0.6 is 0 Å². The molecule has 1 unspecified atom stereocenters. The molecule has 12 heavy (non-hydrogen) atoms. The lowest BCUT2D eigenvalue weighted by Gasteiger charge is -2.20. The molecule has 1 N–H and O–H groups in total. The van der Waals surface area contributed by atoms with Crippen molar-refractivity contribution in [2.45, 2.75) is 46.6 Å². The summed E-state index contributed by atoms with van der Waals surface area (Å²) in [5, 5.41) is 2.97. The fraction of sp³-hybridized carbons (Fsp3) is 0.800. The summed E-state index contributed by atoms with van der Waals surface area (Å²) >= 11 is 0. The Morgan fingerprint density at radius 2 is 2.00 bits per heavy atom. The van der Waals surface area contributed by atoms with Crippen LogP contribution in [-0.4, -0.2) is 11.9 Å². The third kappa shape index (κ3) is 4.37. The third-order valence-electron chi connectivity index (χ3n) is 1.96. The van der Waals surface area contributed by atoms with E-state index in [0.29, 0.717) is 12.0 Å². The SMILES string of the molecule is CC[CH]C(=O)NC(CC)C(C)C. The van der Waals surface area contributed by atoms with E-state index in [-0.39, 0.29) is 5.91 Å². The zero-order valence-electron chi connectivity index (χ0n) is 8.55. The molecule has 0 aromatic rings. The van der Waals surface area contributed by atoms with Gasteiger partial charge >= 0.3 is 0 Å². The monoisotopic (exact) mass is 170 g/mol. The van der Waals surface area contributed by atoms with Gasteiger partial charge in [-0.3, -0.25) is 4.79 Å². The largest absolute Gasteiger partial charge is 0.353 e. The van der Waals surface area contributed by atoms with Crippen LogP contribution in [-0.2, 0) is 4.79 Å². The van der Waals surface area contributed by atoms with Gasteiger partial charge in [0.1, 0.15) is 0 Å². The molecule has 2 nitrogen and oxygen atoms in total. The van der Waals surface area contributed by atoms with Crippen molar-refractivity contribution < 1.29 is 4.79 Å². The maximum atomic E-state index is 11.2. The molecule has 0 aromatic heterocycles. The van der Waals surface area contributed by atoms with Crippen LogP contribution in [0.5, 0.6) is 0 Å². The van der Waals surface area contributed by atoms with Gasteiger partial charge in [0.05, 0.1) is 0 Å². The summed E-state index contributed by atoms with van der Waals surface area (Å²) in [5.74, 6) is 0.585. The molecule has 0 fully saturated rings. The second-order valence-electron chi connectivity index (χ2n) is 3.38. The number of hydrogen-bond acceptors (Lipinski definition) is 1. The van der Waals surface area contributed by atoms with E-state index in [0.717, 1.165) is 12.8 Å². The highest BCUT2D eigenvalue weighted by Crippen LogP contribution is 2.05. The molecule has 0 saturated heterocycles. The second-order valence-corrected chi connectivity index (χ2v) is 3.38. The molecule has 2 heteroatoms. The van der Waals surface area contributed by atoms with Gasteiger partial charge in [0.2, 0.25) is 5.91 Å². The van der Waals surface area contributed by atoms with E-state index in [1.54, 1.807) is 6.42 Å². The Balaban J connectivity index is 3.77. The van der Waals surface area contributed by atoms with Crippen molar-refractivity contribution in [3.05, 3.63) is 6.42 Å². The first-order valence-electron chi connectivity index (χ1n) is 4.75. The highest BCUT2D eigenvalue weighted by Gasteiger charge is 2.12. The van der Waals surface area contributed by atoms with Crippen molar-refractivity contribution in [1.29, 1.82) is 0 Å². The molecule has 0 rings (SSSR count). The number of amides is 1. The number of carbonyl (C=O) groups is 1. The molecule has 71 valence electrons. The predicted octanol–water partition coefficient (Wildman–Crippen LogP) is 2.15.